The fourth-order valence-corrected chi connectivity index (χ4v) is 3.76. The summed E-state index contributed by atoms with van der Waals surface area (Å²) in [6.07, 6.45) is -4.23. The predicted molar refractivity (Wildman–Crippen MR) is 137 cm³/mol. The van der Waals surface area contributed by atoms with Gasteiger partial charge in [0.1, 0.15) is 11.9 Å². The second-order valence-electron chi connectivity index (χ2n) is 8.51. The molecule has 0 bridgehead atoms. The molecule has 38 heavy (non-hydrogen) atoms. The highest BCUT2D eigenvalue weighted by molar-refractivity contribution is 5.88. The third-order valence-corrected chi connectivity index (χ3v) is 5.59. The number of carbonyl (C=O) groups is 1. The maximum absolute atomic E-state index is 12.4. The predicted octanol–water partition coefficient (Wildman–Crippen LogP) is 4.89. The van der Waals surface area contributed by atoms with Crippen molar-refractivity contribution in [1.29, 1.82) is 0 Å². The number of nitrogens with two attached hydrogens (primary N) is 2. The van der Waals surface area contributed by atoms with E-state index in [0.29, 0.717) is 12.8 Å². The third kappa shape index (κ3) is 8.45. The molecule has 10 heteroatoms. The summed E-state index contributed by atoms with van der Waals surface area (Å²) in [6, 6.07) is 21.2. The SMILES string of the molecule is CCOC(=O)/C(NN)=C(/N)OC(Cc1ccc(C)cc1)Cc1ccc(-c2ccc(OC(F)(F)F)cc2)cc1. The minimum atomic E-state index is -4.74. The van der Waals surface area contributed by atoms with Crippen molar-refractivity contribution in [2.24, 2.45) is 11.6 Å². The van der Waals surface area contributed by atoms with Crippen LogP contribution < -0.4 is 21.7 Å². The van der Waals surface area contributed by atoms with Gasteiger partial charge in [-0.15, -0.1) is 13.2 Å². The standard InChI is InChI=1S/C28H30F3N3O4/c1-3-36-27(35)25(34-33)26(32)37-24(16-19-6-4-18(2)5-7-19)17-20-8-10-21(11-9-20)22-12-14-23(15-13-22)38-28(29,30)31/h4-15,24,34H,3,16-17,32-33H2,1-2H3/b26-25+. The molecule has 3 aromatic rings. The minimum absolute atomic E-state index is 0.147. The van der Waals surface area contributed by atoms with Gasteiger partial charge in [0.15, 0.2) is 5.70 Å². The lowest BCUT2D eigenvalue weighted by Crippen LogP contribution is -2.34. The molecule has 0 aliphatic carbocycles. The summed E-state index contributed by atoms with van der Waals surface area (Å²) in [5.74, 6) is 4.29. The van der Waals surface area contributed by atoms with E-state index in [4.69, 9.17) is 21.1 Å². The molecule has 0 amide bonds. The zero-order chi connectivity index (χ0) is 27.7. The number of hydrazine groups is 1. The van der Waals surface area contributed by atoms with Gasteiger partial charge in [0.05, 0.1) is 6.61 Å². The van der Waals surface area contributed by atoms with Gasteiger partial charge in [-0.2, -0.15) is 0 Å². The molecule has 0 aliphatic rings. The van der Waals surface area contributed by atoms with Crippen molar-refractivity contribution in [1.82, 2.24) is 5.43 Å². The minimum Gasteiger partial charge on any atom is -0.474 e. The van der Waals surface area contributed by atoms with Crippen LogP contribution in [0.5, 0.6) is 5.75 Å². The fraction of sp³-hybridized carbons (Fsp3) is 0.250. The summed E-state index contributed by atoms with van der Waals surface area (Å²) in [4.78, 5) is 12.2. The van der Waals surface area contributed by atoms with Crippen molar-refractivity contribution in [3.05, 3.63) is 101 Å². The van der Waals surface area contributed by atoms with Crippen LogP contribution in [0.3, 0.4) is 0 Å². The molecule has 0 saturated carbocycles. The van der Waals surface area contributed by atoms with Crippen molar-refractivity contribution in [2.75, 3.05) is 6.61 Å². The van der Waals surface area contributed by atoms with E-state index >= 15 is 0 Å². The summed E-state index contributed by atoms with van der Waals surface area (Å²) < 4.78 is 52.1. The summed E-state index contributed by atoms with van der Waals surface area (Å²) in [7, 11) is 0. The third-order valence-electron chi connectivity index (χ3n) is 5.59. The Bertz CT molecular complexity index is 1230. The van der Waals surface area contributed by atoms with Crippen molar-refractivity contribution in [3.63, 3.8) is 0 Å². The summed E-state index contributed by atoms with van der Waals surface area (Å²) in [5, 5.41) is 0. The molecule has 3 rings (SSSR count). The number of rotatable bonds is 11. The number of halogens is 3. The number of aryl methyl sites for hydroxylation is 1. The Hall–Kier alpha value is -4.18. The van der Waals surface area contributed by atoms with Crippen LogP contribution in [0.2, 0.25) is 0 Å². The van der Waals surface area contributed by atoms with E-state index in [9.17, 15) is 18.0 Å². The van der Waals surface area contributed by atoms with Crippen LogP contribution in [0.4, 0.5) is 13.2 Å². The molecule has 0 saturated heterocycles. The van der Waals surface area contributed by atoms with Crippen molar-refractivity contribution < 1.29 is 32.2 Å². The first-order chi connectivity index (χ1) is 18.1. The number of carbonyl (C=O) groups excluding carboxylic acids is 1. The summed E-state index contributed by atoms with van der Waals surface area (Å²) in [5.41, 5.74) is 12.8. The Kier molecular flexibility index (Phi) is 9.61. The topological polar surface area (TPSA) is 109 Å². The van der Waals surface area contributed by atoms with E-state index < -0.39 is 18.4 Å². The molecule has 3 aromatic carbocycles. The molecule has 202 valence electrons. The van der Waals surface area contributed by atoms with Crippen LogP contribution in [0, 0.1) is 6.92 Å². The quantitative estimate of drug-likeness (QED) is 0.107. The Morgan fingerprint density at radius 3 is 1.87 bits per heavy atom. The monoisotopic (exact) mass is 529 g/mol. The number of benzene rings is 3. The average molecular weight is 530 g/mol. The molecule has 1 unspecified atom stereocenters. The molecule has 0 heterocycles. The number of esters is 1. The molecule has 1 atom stereocenters. The molecule has 0 radical (unpaired) electrons. The van der Waals surface area contributed by atoms with E-state index in [-0.39, 0.29) is 23.9 Å². The van der Waals surface area contributed by atoms with E-state index in [2.05, 4.69) is 10.2 Å². The lowest BCUT2D eigenvalue weighted by atomic mass is 9.98. The fourth-order valence-electron chi connectivity index (χ4n) is 3.76. The molecular weight excluding hydrogens is 499 g/mol. The van der Waals surface area contributed by atoms with Crippen molar-refractivity contribution in [2.45, 2.75) is 39.2 Å². The van der Waals surface area contributed by atoms with E-state index in [1.807, 2.05) is 55.5 Å². The molecule has 0 aliphatic heterocycles. The molecule has 7 nitrogen and oxygen atoms in total. The van der Waals surface area contributed by atoms with E-state index in [1.54, 1.807) is 19.1 Å². The maximum Gasteiger partial charge on any atom is 0.573 e. The van der Waals surface area contributed by atoms with Gasteiger partial charge < -0.3 is 25.4 Å². The highest BCUT2D eigenvalue weighted by Gasteiger charge is 2.31. The smallest absolute Gasteiger partial charge is 0.474 e. The lowest BCUT2D eigenvalue weighted by molar-refractivity contribution is -0.274. The Morgan fingerprint density at radius 1 is 0.895 bits per heavy atom. The van der Waals surface area contributed by atoms with Gasteiger partial charge in [-0.05, 0) is 48.2 Å². The Labute approximate surface area is 219 Å². The molecular formula is C28H30F3N3O4. The van der Waals surface area contributed by atoms with Crippen LogP contribution in [-0.2, 0) is 27.1 Å². The summed E-state index contributed by atoms with van der Waals surface area (Å²) >= 11 is 0. The van der Waals surface area contributed by atoms with Crippen LogP contribution in [0.15, 0.2) is 84.4 Å². The van der Waals surface area contributed by atoms with Crippen LogP contribution in [-0.4, -0.2) is 25.0 Å². The number of alkyl halides is 3. The number of nitrogens with one attached hydrogen (secondary N) is 1. The second-order valence-corrected chi connectivity index (χ2v) is 8.51. The number of hydrogen-bond donors (Lipinski definition) is 3. The zero-order valence-corrected chi connectivity index (χ0v) is 21.0. The Balaban J connectivity index is 1.79. The Morgan fingerprint density at radius 2 is 1.39 bits per heavy atom. The summed E-state index contributed by atoms with van der Waals surface area (Å²) in [6.45, 7) is 3.81. The highest BCUT2D eigenvalue weighted by atomic mass is 19.4. The van der Waals surface area contributed by atoms with Gasteiger partial charge in [0.2, 0.25) is 5.88 Å². The molecule has 5 N–H and O–H groups in total. The van der Waals surface area contributed by atoms with Crippen LogP contribution in [0.25, 0.3) is 11.1 Å². The van der Waals surface area contributed by atoms with Gasteiger partial charge in [-0.25, -0.2) is 4.79 Å². The van der Waals surface area contributed by atoms with Crippen molar-refractivity contribution >= 4 is 5.97 Å². The van der Waals surface area contributed by atoms with Gasteiger partial charge in [0.25, 0.3) is 0 Å². The molecule has 0 fully saturated rings. The van der Waals surface area contributed by atoms with E-state index in [0.717, 1.165) is 27.8 Å². The first-order valence-corrected chi connectivity index (χ1v) is 11.9. The zero-order valence-electron chi connectivity index (χ0n) is 21.0. The number of hydrogen-bond acceptors (Lipinski definition) is 7. The van der Waals surface area contributed by atoms with Gasteiger partial charge in [-0.3, -0.25) is 5.84 Å². The maximum atomic E-state index is 12.4. The highest BCUT2D eigenvalue weighted by Crippen LogP contribution is 2.27. The van der Waals surface area contributed by atoms with Crippen LogP contribution >= 0.6 is 0 Å². The molecule has 0 spiro atoms. The average Bonchev–Trinajstić information content (AvgIpc) is 2.86. The first-order valence-electron chi connectivity index (χ1n) is 11.9. The first kappa shape index (κ1) is 28.4. The van der Waals surface area contributed by atoms with Gasteiger partial charge >= 0.3 is 12.3 Å². The molecule has 0 aromatic heterocycles. The largest absolute Gasteiger partial charge is 0.573 e. The lowest BCUT2D eigenvalue weighted by Gasteiger charge is -2.21. The van der Waals surface area contributed by atoms with E-state index in [1.165, 1.54) is 12.1 Å². The van der Waals surface area contributed by atoms with Crippen LogP contribution in [0.1, 0.15) is 23.6 Å². The van der Waals surface area contributed by atoms with Crippen molar-refractivity contribution in [3.8, 4) is 16.9 Å². The number of ether oxygens (including phenoxy) is 3. The second kappa shape index (κ2) is 12.9. The normalized spacial score (nSPS) is 12.8. The van der Waals surface area contributed by atoms with Gasteiger partial charge in [0, 0.05) is 12.8 Å². The van der Waals surface area contributed by atoms with Gasteiger partial charge in [-0.1, -0.05) is 66.2 Å².